The molecular weight excluding hydrogens is 365 g/mol. The van der Waals surface area contributed by atoms with Gasteiger partial charge in [-0.1, -0.05) is 23.2 Å². The molecule has 1 aliphatic heterocycles. The summed E-state index contributed by atoms with van der Waals surface area (Å²) in [5.74, 6) is 0.549. The molecule has 0 spiro atoms. The number of piperazine rings is 1. The first-order valence-electron chi connectivity index (χ1n) is 7.75. The van der Waals surface area contributed by atoms with Crippen LogP contribution in [0.25, 0.3) is 11.0 Å². The summed E-state index contributed by atoms with van der Waals surface area (Å²) >= 11 is 12.5. The fraction of sp³-hybridized carbons (Fsp3) is 0.333. The van der Waals surface area contributed by atoms with Gasteiger partial charge in [-0.3, -0.25) is 19.4 Å². The van der Waals surface area contributed by atoms with Crippen LogP contribution in [0.3, 0.4) is 0 Å². The average molecular weight is 380 g/mol. The largest absolute Gasteiger partial charge is 0.365 e. The van der Waals surface area contributed by atoms with Crippen LogP contribution in [0.15, 0.2) is 23.4 Å². The first kappa shape index (κ1) is 16.2. The molecule has 1 aliphatic rings. The van der Waals surface area contributed by atoms with Gasteiger partial charge in [0, 0.05) is 45.6 Å². The predicted molar refractivity (Wildman–Crippen MR) is 97.8 cm³/mol. The van der Waals surface area contributed by atoms with E-state index in [0.717, 1.165) is 5.69 Å². The summed E-state index contributed by atoms with van der Waals surface area (Å²) in [6.07, 6.45) is 4.70. The molecule has 1 fully saturated rings. The molecule has 0 aromatic carbocycles. The first-order valence-corrected chi connectivity index (χ1v) is 8.51. The van der Waals surface area contributed by atoms with Crippen molar-refractivity contribution >= 4 is 45.9 Å². The third-order valence-corrected chi connectivity index (χ3v) is 4.87. The van der Waals surface area contributed by atoms with Crippen LogP contribution in [0.2, 0.25) is 10.0 Å². The van der Waals surface area contributed by atoms with Crippen molar-refractivity contribution in [2.75, 3.05) is 36.0 Å². The predicted octanol–water partition coefficient (Wildman–Crippen LogP) is 1.68. The SMILES string of the molecule is Cn1ncc2c(=O)[nH]c(N3CCN(c4c(Cl)cncc4Cl)CC3)nc21. The molecular formula is C15H15Cl2N7O. The van der Waals surface area contributed by atoms with E-state index in [1.807, 2.05) is 4.90 Å². The van der Waals surface area contributed by atoms with Gasteiger partial charge in [0.15, 0.2) is 5.65 Å². The van der Waals surface area contributed by atoms with Gasteiger partial charge in [0.1, 0.15) is 5.39 Å². The number of hydrogen-bond acceptors (Lipinski definition) is 6. The number of halogens is 2. The van der Waals surface area contributed by atoms with E-state index in [4.69, 9.17) is 23.2 Å². The smallest absolute Gasteiger partial charge is 0.263 e. The molecule has 4 heterocycles. The lowest BCUT2D eigenvalue weighted by atomic mass is 10.2. The van der Waals surface area contributed by atoms with E-state index in [2.05, 4.69) is 25.0 Å². The molecule has 0 radical (unpaired) electrons. The number of fused-ring (bicyclic) bond motifs is 1. The number of pyridine rings is 1. The Kier molecular flexibility index (Phi) is 4.01. The first-order chi connectivity index (χ1) is 12.0. The van der Waals surface area contributed by atoms with Crippen LogP contribution in [0.5, 0.6) is 0 Å². The molecule has 1 N–H and O–H groups in total. The topological polar surface area (TPSA) is 82.9 Å². The van der Waals surface area contributed by atoms with Gasteiger partial charge in [-0.25, -0.2) is 0 Å². The van der Waals surface area contributed by atoms with Gasteiger partial charge >= 0.3 is 0 Å². The van der Waals surface area contributed by atoms with Crippen LogP contribution >= 0.6 is 23.2 Å². The Balaban J connectivity index is 1.58. The second-order valence-electron chi connectivity index (χ2n) is 5.82. The summed E-state index contributed by atoms with van der Waals surface area (Å²) in [4.78, 5) is 27.7. The zero-order valence-corrected chi connectivity index (χ0v) is 14.9. The minimum absolute atomic E-state index is 0.184. The molecule has 0 amide bonds. The fourth-order valence-electron chi connectivity index (χ4n) is 3.02. The van der Waals surface area contributed by atoms with Crippen LogP contribution in [0, 0.1) is 0 Å². The molecule has 3 aromatic rings. The van der Waals surface area contributed by atoms with Crippen LogP contribution in [-0.4, -0.2) is 50.9 Å². The summed E-state index contributed by atoms with van der Waals surface area (Å²) < 4.78 is 1.60. The number of aromatic nitrogens is 5. The Labute approximate surface area is 153 Å². The Morgan fingerprint density at radius 1 is 1.04 bits per heavy atom. The Hall–Kier alpha value is -2.32. The maximum atomic E-state index is 12.2. The number of rotatable bonds is 2. The highest BCUT2D eigenvalue weighted by Gasteiger charge is 2.23. The summed E-state index contributed by atoms with van der Waals surface area (Å²) in [5.41, 5.74) is 1.18. The molecule has 10 heteroatoms. The van der Waals surface area contributed by atoms with Crippen molar-refractivity contribution in [1.82, 2.24) is 24.7 Å². The summed E-state index contributed by atoms with van der Waals surface area (Å²) in [5, 5.41) is 5.64. The number of anilines is 2. The van der Waals surface area contributed by atoms with Crippen molar-refractivity contribution in [3.05, 3.63) is 39.0 Å². The van der Waals surface area contributed by atoms with Gasteiger partial charge in [-0.15, -0.1) is 0 Å². The van der Waals surface area contributed by atoms with Crippen molar-refractivity contribution in [1.29, 1.82) is 0 Å². The fourth-order valence-corrected chi connectivity index (χ4v) is 3.62. The van der Waals surface area contributed by atoms with Crippen molar-refractivity contribution in [3.63, 3.8) is 0 Å². The molecule has 8 nitrogen and oxygen atoms in total. The van der Waals surface area contributed by atoms with E-state index < -0.39 is 0 Å². The van der Waals surface area contributed by atoms with Gasteiger partial charge in [0.05, 0.1) is 21.9 Å². The molecule has 0 aliphatic carbocycles. The zero-order valence-electron chi connectivity index (χ0n) is 13.4. The third-order valence-electron chi connectivity index (χ3n) is 4.31. The standard InChI is InChI=1S/C15H15Cl2N7O/c1-22-13-9(6-19-22)14(25)21-15(20-13)24-4-2-23(3-5-24)12-10(16)7-18-8-11(12)17/h6-8H,2-5H2,1H3,(H,20,21,25). The molecule has 130 valence electrons. The number of hydrogen-bond donors (Lipinski definition) is 1. The molecule has 4 rings (SSSR count). The van der Waals surface area contributed by atoms with E-state index >= 15 is 0 Å². The van der Waals surface area contributed by atoms with Crippen molar-refractivity contribution in [2.24, 2.45) is 7.05 Å². The lowest BCUT2D eigenvalue weighted by Crippen LogP contribution is -2.47. The Morgan fingerprint density at radius 2 is 1.68 bits per heavy atom. The Bertz CT molecular complexity index is 971. The van der Waals surface area contributed by atoms with Gasteiger partial charge in [0.25, 0.3) is 5.56 Å². The van der Waals surface area contributed by atoms with Gasteiger partial charge in [-0.2, -0.15) is 10.1 Å². The molecule has 3 aromatic heterocycles. The molecule has 1 saturated heterocycles. The van der Waals surface area contributed by atoms with E-state index in [1.54, 1.807) is 24.1 Å². The van der Waals surface area contributed by atoms with E-state index in [0.29, 0.717) is 53.2 Å². The third kappa shape index (κ3) is 2.81. The number of aromatic amines is 1. The minimum Gasteiger partial charge on any atom is -0.365 e. The van der Waals surface area contributed by atoms with Crippen molar-refractivity contribution < 1.29 is 0 Å². The van der Waals surface area contributed by atoms with Gasteiger partial charge in [-0.05, 0) is 0 Å². The number of aryl methyl sites for hydroxylation is 1. The molecule has 0 atom stereocenters. The lowest BCUT2D eigenvalue weighted by Gasteiger charge is -2.36. The maximum absolute atomic E-state index is 12.2. The van der Waals surface area contributed by atoms with E-state index in [9.17, 15) is 4.79 Å². The molecule has 25 heavy (non-hydrogen) atoms. The highest BCUT2D eigenvalue weighted by atomic mass is 35.5. The summed E-state index contributed by atoms with van der Waals surface area (Å²) in [6.45, 7) is 2.77. The maximum Gasteiger partial charge on any atom is 0.263 e. The molecule has 0 bridgehead atoms. The van der Waals surface area contributed by atoms with Crippen molar-refractivity contribution in [3.8, 4) is 0 Å². The summed E-state index contributed by atoms with van der Waals surface area (Å²) in [6, 6.07) is 0. The van der Waals surface area contributed by atoms with Gasteiger partial charge < -0.3 is 9.80 Å². The lowest BCUT2D eigenvalue weighted by molar-refractivity contribution is 0.639. The second kappa shape index (κ2) is 6.20. The van der Waals surface area contributed by atoms with Crippen LogP contribution in [0.4, 0.5) is 11.6 Å². The van der Waals surface area contributed by atoms with Crippen LogP contribution in [-0.2, 0) is 7.05 Å². The van der Waals surface area contributed by atoms with Crippen molar-refractivity contribution in [2.45, 2.75) is 0 Å². The zero-order chi connectivity index (χ0) is 17.6. The summed E-state index contributed by atoms with van der Waals surface area (Å²) in [7, 11) is 1.77. The number of nitrogens with zero attached hydrogens (tertiary/aromatic N) is 6. The minimum atomic E-state index is -0.184. The van der Waals surface area contributed by atoms with Crippen LogP contribution in [0.1, 0.15) is 0 Å². The highest BCUT2D eigenvalue weighted by Crippen LogP contribution is 2.33. The number of nitrogens with one attached hydrogen (secondary N) is 1. The second-order valence-corrected chi connectivity index (χ2v) is 6.64. The van der Waals surface area contributed by atoms with E-state index in [-0.39, 0.29) is 5.56 Å². The van der Waals surface area contributed by atoms with E-state index in [1.165, 1.54) is 6.20 Å². The Morgan fingerprint density at radius 3 is 2.36 bits per heavy atom. The molecule has 0 unspecified atom stereocenters. The highest BCUT2D eigenvalue weighted by molar-refractivity contribution is 6.38. The monoisotopic (exact) mass is 379 g/mol. The normalized spacial score (nSPS) is 15.2. The molecule has 0 saturated carbocycles. The quantitative estimate of drug-likeness (QED) is 0.729. The number of H-pyrrole nitrogens is 1. The average Bonchev–Trinajstić information content (AvgIpc) is 2.97. The van der Waals surface area contributed by atoms with Crippen LogP contribution < -0.4 is 15.4 Å². The van der Waals surface area contributed by atoms with Gasteiger partial charge in [0.2, 0.25) is 5.95 Å².